The highest BCUT2D eigenvalue weighted by Gasteiger charge is 2.18. The lowest BCUT2D eigenvalue weighted by Gasteiger charge is -2.28. The van der Waals surface area contributed by atoms with E-state index in [0.29, 0.717) is 36.5 Å². The molecule has 2 aromatic heterocycles. The summed E-state index contributed by atoms with van der Waals surface area (Å²) in [5, 5.41) is 0.900. The summed E-state index contributed by atoms with van der Waals surface area (Å²) in [6, 6.07) is 10.8. The van der Waals surface area contributed by atoms with Crippen LogP contribution >= 0.6 is 12.4 Å². The summed E-state index contributed by atoms with van der Waals surface area (Å²) in [7, 11) is 0. The molecule has 1 aromatic carbocycles. The Morgan fingerprint density at radius 1 is 1.07 bits per heavy atom. The van der Waals surface area contributed by atoms with Gasteiger partial charge in [-0.25, -0.2) is 14.4 Å². The largest absolute Gasteiger partial charge is 0.384 e. The van der Waals surface area contributed by atoms with E-state index in [-0.39, 0.29) is 18.2 Å². The van der Waals surface area contributed by atoms with Crippen LogP contribution in [0, 0.1) is 5.82 Å². The first-order valence-electron chi connectivity index (χ1n) is 8.85. The zero-order valence-electron chi connectivity index (χ0n) is 15.1. The number of nitrogen functional groups attached to an aromatic ring is 1. The van der Waals surface area contributed by atoms with Crippen molar-refractivity contribution in [3.05, 3.63) is 47.9 Å². The van der Waals surface area contributed by atoms with E-state index in [4.69, 9.17) is 15.5 Å². The third-order valence-corrected chi connectivity index (χ3v) is 4.73. The Bertz CT molecular complexity index is 960. The number of fused-ring (bicyclic) bond motifs is 1. The van der Waals surface area contributed by atoms with E-state index >= 15 is 0 Å². The highest BCUT2D eigenvalue weighted by atomic mass is 35.5. The van der Waals surface area contributed by atoms with Crippen LogP contribution in [-0.4, -0.2) is 36.3 Å². The zero-order chi connectivity index (χ0) is 18.1. The van der Waals surface area contributed by atoms with E-state index in [1.54, 1.807) is 12.1 Å². The van der Waals surface area contributed by atoms with Gasteiger partial charge in [0.2, 0.25) is 0 Å². The number of anilines is 2. The minimum Gasteiger partial charge on any atom is -0.384 e. The second-order valence-corrected chi connectivity index (χ2v) is 6.35. The molecular weight excluding hydrogens is 367 g/mol. The minimum atomic E-state index is -0.301. The second-order valence-electron chi connectivity index (χ2n) is 6.35. The van der Waals surface area contributed by atoms with Gasteiger partial charge in [-0.2, -0.15) is 0 Å². The quantitative estimate of drug-likeness (QED) is 0.738. The van der Waals surface area contributed by atoms with Crippen LogP contribution in [0.4, 0.5) is 16.0 Å². The Morgan fingerprint density at radius 2 is 1.81 bits per heavy atom. The van der Waals surface area contributed by atoms with E-state index in [9.17, 15) is 4.39 Å². The lowest BCUT2D eigenvalue weighted by atomic mass is 9.98. The van der Waals surface area contributed by atoms with Crippen molar-refractivity contribution in [2.24, 2.45) is 0 Å². The van der Waals surface area contributed by atoms with Gasteiger partial charge < -0.3 is 15.4 Å². The number of pyridine rings is 2. The average Bonchev–Trinajstić information content (AvgIpc) is 2.68. The normalized spacial score (nSPS) is 14.2. The summed E-state index contributed by atoms with van der Waals surface area (Å²) in [4.78, 5) is 11.4. The number of morpholine rings is 1. The Balaban J connectivity index is 0.00000210. The Hall–Kier alpha value is -2.44. The summed E-state index contributed by atoms with van der Waals surface area (Å²) in [6.45, 7) is 4.91. The molecule has 5 nitrogen and oxygen atoms in total. The zero-order valence-corrected chi connectivity index (χ0v) is 15.9. The first kappa shape index (κ1) is 19.3. The van der Waals surface area contributed by atoms with Gasteiger partial charge in [-0.05, 0) is 42.8 Å². The molecule has 2 N–H and O–H groups in total. The predicted octanol–water partition coefficient (Wildman–Crippen LogP) is 3.84. The fourth-order valence-electron chi connectivity index (χ4n) is 3.39. The number of aromatic nitrogens is 2. The van der Waals surface area contributed by atoms with Crippen molar-refractivity contribution in [1.29, 1.82) is 0 Å². The highest BCUT2D eigenvalue weighted by Crippen LogP contribution is 2.34. The van der Waals surface area contributed by atoms with Crippen molar-refractivity contribution in [2.75, 3.05) is 36.9 Å². The number of hydrogen-bond acceptors (Lipinski definition) is 5. The third-order valence-electron chi connectivity index (χ3n) is 4.73. The van der Waals surface area contributed by atoms with Crippen LogP contribution in [0.2, 0.25) is 0 Å². The van der Waals surface area contributed by atoms with Gasteiger partial charge in [-0.1, -0.05) is 6.92 Å². The van der Waals surface area contributed by atoms with Crippen molar-refractivity contribution in [3.63, 3.8) is 0 Å². The molecule has 3 heterocycles. The molecule has 142 valence electrons. The van der Waals surface area contributed by atoms with E-state index < -0.39 is 0 Å². The molecule has 1 aliphatic rings. The Labute approximate surface area is 163 Å². The van der Waals surface area contributed by atoms with Crippen molar-refractivity contribution in [2.45, 2.75) is 13.3 Å². The number of rotatable bonds is 3. The topological polar surface area (TPSA) is 64.3 Å². The number of nitrogens with two attached hydrogens (primary N) is 1. The van der Waals surface area contributed by atoms with Crippen molar-refractivity contribution in [3.8, 4) is 11.1 Å². The molecule has 0 unspecified atom stereocenters. The van der Waals surface area contributed by atoms with Gasteiger partial charge in [0.25, 0.3) is 0 Å². The Kier molecular flexibility index (Phi) is 5.77. The summed E-state index contributed by atoms with van der Waals surface area (Å²) in [6.07, 6.45) is 0.666. The molecule has 3 aromatic rings. The predicted molar refractivity (Wildman–Crippen MR) is 109 cm³/mol. The molecule has 4 rings (SSSR count). The third kappa shape index (κ3) is 3.68. The smallest absolute Gasteiger partial charge is 0.133 e. The number of benzene rings is 1. The fourth-order valence-corrected chi connectivity index (χ4v) is 3.39. The van der Waals surface area contributed by atoms with Gasteiger partial charge in [0.1, 0.15) is 17.5 Å². The molecule has 1 saturated heterocycles. The lowest BCUT2D eigenvalue weighted by Crippen LogP contribution is -2.36. The molecule has 0 aliphatic carbocycles. The van der Waals surface area contributed by atoms with Crippen LogP contribution in [0.25, 0.3) is 22.0 Å². The van der Waals surface area contributed by atoms with E-state index in [2.05, 4.69) is 9.88 Å². The van der Waals surface area contributed by atoms with E-state index in [1.165, 1.54) is 6.07 Å². The molecule has 0 spiro atoms. The monoisotopic (exact) mass is 388 g/mol. The van der Waals surface area contributed by atoms with Crippen LogP contribution in [0.15, 0.2) is 36.4 Å². The van der Waals surface area contributed by atoms with Gasteiger partial charge in [0.15, 0.2) is 0 Å². The number of hydrogen-bond donors (Lipinski definition) is 1. The number of nitrogens with zero attached hydrogens (tertiary/aromatic N) is 3. The summed E-state index contributed by atoms with van der Waals surface area (Å²) >= 11 is 0. The van der Waals surface area contributed by atoms with Gasteiger partial charge in [0, 0.05) is 29.6 Å². The van der Waals surface area contributed by atoms with Gasteiger partial charge >= 0.3 is 0 Å². The van der Waals surface area contributed by atoms with Gasteiger partial charge in [-0.15, -0.1) is 12.4 Å². The van der Waals surface area contributed by atoms with Crippen LogP contribution in [0.1, 0.15) is 12.6 Å². The second kappa shape index (κ2) is 8.06. The molecule has 27 heavy (non-hydrogen) atoms. The SMILES string of the molecule is CCc1nc(N)ccc1-c1c(F)ccc2ccc(N3CCOCC3)nc12.Cl. The first-order valence-corrected chi connectivity index (χ1v) is 8.85. The molecule has 7 heteroatoms. The summed E-state index contributed by atoms with van der Waals surface area (Å²) in [5.74, 6) is 0.979. The molecule has 1 fully saturated rings. The molecule has 0 radical (unpaired) electrons. The Morgan fingerprint density at radius 3 is 2.56 bits per heavy atom. The van der Waals surface area contributed by atoms with Crippen LogP contribution in [-0.2, 0) is 11.2 Å². The van der Waals surface area contributed by atoms with E-state index in [0.717, 1.165) is 35.6 Å². The standard InChI is InChI=1S/C20H21FN4O.ClH/c1-2-16-14(5-7-17(22)23-16)19-15(21)6-3-13-4-8-18(24-20(13)19)25-9-11-26-12-10-25;/h3-8H,2,9-12H2,1H3,(H2,22,23);1H. The first-order chi connectivity index (χ1) is 12.7. The van der Waals surface area contributed by atoms with Crippen LogP contribution in [0.3, 0.4) is 0 Å². The fraction of sp³-hybridized carbons (Fsp3) is 0.300. The molecule has 0 saturated carbocycles. The number of ether oxygens (including phenoxy) is 1. The average molecular weight is 389 g/mol. The van der Waals surface area contributed by atoms with Gasteiger partial charge in [-0.3, -0.25) is 0 Å². The van der Waals surface area contributed by atoms with Gasteiger partial charge in [0.05, 0.1) is 24.4 Å². The van der Waals surface area contributed by atoms with E-state index in [1.807, 2.05) is 25.1 Å². The molecule has 0 amide bonds. The maximum Gasteiger partial charge on any atom is 0.133 e. The number of halogens is 2. The molecule has 0 atom stereocenters. The molecule has 0 bridgehead atoms. The van der Waals surface area contributed by atoms with Crippen LogP contribution in [0.5, 0.6) is 0 Å². The van der Waals surface area contributed by atoms with Crippen LogP contribution < -0.4 is 10.6 Å². The van der Waals surface area contributed by atoms with Crippen molar-refractivity contribution < 1.29 is 9.13 Å². The summed E-state index contributed by atoms with van der Waals surface area (Å²) in [5.41, 5.74) is 8.47. The maximum absolute atomic E-state index is 14.9. The number of aryl methyl sites for hydroxylation is 1. The van der Waals surface area contributed by atoms with Crippen molar-refractivity contribution in [1.82, 2.24) is 9.97 Å². The highest BCUT2D eigenvalue weighted by molar-refractivity contribution is 5.95. The minimum absolute atomic E-state index is 0. The molecular formula is C20H22ClFN4O. The molecule has 1 aliphatic heterocycles. The lowest BCUT2D eigenvalue weighted by molar-refractivity contribution is 0.122. The van der Waals surface area contributed by atoms with Crippen molar-refractivity contribution >= 4 is 34.9 Å². The summed E-state index contributed by atoms with van der Waals surface area (Å²) < 4.78 is 20.3. The maximum atomic E-state index is 14.9.